The van der Waals surface area contributed by atoms with Crippen LogP contribution >= 0.6 is 12.4 Å². The lowest BCUT2D eigenvalue weighted by Gasteiger charge is -2.37. The van der Waals surface area contributed by atoms with Gasteiger partial charge in [-0.1, -0.05) is 25.0 Å². The molecular formula is C17H27ClN2O3. The Labute approximate surface area is 144 Å². The van der Waals surface area contributed by atoms with Crippen molar-refractivity contribution in [2.45, 2.75) is 44.7 Å². The van der Waals surface area contributed by atoms with Crippen molar-refractivity contribution in [1.29, 1.82) is 0 Å². The van der Waals surface area contributed by atoms with Crippen LogP contribution in [0.25, 0.3) is 0 Å². The third-order valence-corrected chi connectivity index (χ3v) is 4.32. The average molecular weight is 343 g/mol. The Morgan fingerprint density at radius 2 is 2.09 bits per heavy atom. The Bertz CT molecular complexity index is 491. The highest BCUT2D eigenvalue weighted by Gasteiger charge is 2.37. The largest absolute Gasteiger partial charge is 0.491 e. The third-order valence-electron chi connectivity index (χ3n) is 4.32. The van der Waals surface area contributed by atoms with Crippen molar-refractivity contribution in [2.24, 2.45) is 11.7 Å². The van der Waals surface area contributed by atoms with Gasteiger partial charge in [0.15, 0.2) is 0 Å². The highest BCUT2D eigenvalue weighted by atomic mass is 35.5. The number of rotatable bonds is 6. The molecule has 5 nitrogen and oxygen atoms in total. The first-order chi connectivity index (χ1) is 10.5. The fourth-order valence-electron chi connectivity index (χ4n) is 2.97. The van der Waals surface area contributed by atoms with E-state index in [0.29, 0.717) is 12.3 Å². The molecule has 1 aliphatic rings. The molecule has 0 saturated heterocycles. The monoisotopic (exact) mass is 342 g/mol. The van der Waals surface area contributed by atoms with Gasteiger partial charge in [-0.05, 0) is 37.5 Å². The highest BCUT2D eigenvalue weighted by molar-refractivity contribution is 5.85. The Hall–Kier alpha value is -1.30. The first kappa shape index (κ1) is 19.7. The SMILES string of the molecule is CC1(N)CCCCC1C(=O)NCc1ccc(OCCO)cc1.Cl. The van der Waals surface area contributed by atoms with Gasteiger partial charge in [-0.3, -0.25) is 4.79 Å². The summed E-state index contributed by atoms with van der Waals surface area (Å²) in [5.41, 5.74) is 6.88. The standard InChI is InChI=1S/C17H26N2O3.ClH/c1-17(18)9-3-2-4-15(17)16(21)19-12-13-5-7-14(8-6-13)22-11-10-20;/h5-8,15,20H,2-4,9-12,18H2,1H3,(H,19,21);1H. The number of hydrogen-bond donors (Lipinski definition) is 3. The fraction of sp³-hybridized carbons (Fsp3) is 0.588. The summed E-state index contributed by atoms with van der Waals surface area (Å²) >= 11 is 0. The number of carbonyl (C=O) groups is 1. The summed E-state index contributed by atoms with van der Waals surface area (Å²) in [5.74, 6) is 0.657. The maximum Gasteiger partial charge on any atom is 0.225 e. The number of hydrogen-bond acceptors (Lipinski definition) is 4. The number of nitrogens with one attached hydrogen (secondary N) is 1. The van der Waals surface area contributed by atoms with E-state index in [1.165, 1.54) is 0 Å². The van der Waals surface area contributed by atoms with E-state index in [2.05, 4.69) is 5.32 Å². The van der Waals surface area contributed by atoms with E-state index in [9.17, 15) is 4.79 Å². The Morgan fingerprint density at radius 3 is 2.70 bits per heavy atom. The lowest BCUT2D eigenvalue weighted by atomic mass is 9.74. The van der Waals surface area contributed by atoms with E-state index in [1.807, 2.05) is 31.2 Å². The van der Waals surface area contributed by atoms with Gasteiger partial charge in [0.2, 0.25) is 5.91 Å². The summed E-state index contributed by atoms with van der Waals surface area (Å²) in [6, 6.07) is 7.50. The third kappa shape index (κ3) is 5.68. The number of nitrogens with two attached hydrogens (primary N) is 1. The average Bonchev–Trinajstić information content (AvgIpc) is 2.51. The number of aliphatic hydroxyl groups is 1. The second kappa shape index (κ2) is 9.11. The summed E-state index contributed by atoms with van der Waals surface area (Å²) in [6.45, 7) is 2.75. The van der Waals surface area contributed by atoms with E-state index >= 15 is 0 Å². The molecule has 0 bridgehead atoms. The first-order valence-electron chi connectivity index (χ1n) is 7.92. The van der Waals surface area contributed by atoms with Crippen molar-refractivity contribution in [2.75, 3.05) is 13.2 Å². The number of carbonyl (C=O) groups excluding carboxylic acids is 1. The maximum absolute atomic E-state index is 12.4. The van der Waals surface area contributed by atoms with Gasteiger partial charge in [-0.25, -0.2) is 0 Å². The van der Waals surface area contributed by atoms with Crippen LogP contribution in [0.4, 0.5) is 0 Å². The second-order valence-electron chi connectivity index (χ2n) is 6.24. The number of aliphatic hydroxyl groups excluding tert-OH is 1. The molecule has 1 amide bonds. The zero-order chi connectivity index (χ0) is 16.0. The van der Waals surface area contributed by atoms with Crippen molar-refractivity contribution in [3.63, 3.8) is 0 Å². The molecule has 0 spiro atoms. The van der Waals surface area contributed by atoms with Gasteiger partial charge in [0.1, 0.15) is 12.4 Å². The minimum atomic E-state index is -0.398. The molecule has 1 aromatic carbocycles. The van der Waals surface area contributed by atoms with Gasteiger partial charge in [0.05, 0.1) is 12.5 Å². The molecule has 1 saturated carbocycles. The van der Waals surface area contributed by atoms with Crippen LogP contribution in [0.1, 0.15) is 38.2 Å². The van der Waals surface area contributed by atoms with Crippen LogP contribution in [0.15, 0.2) is 24.3 Å². The zero-order valence-corrected chi connectivity index (χ0v) is 14.4. The fourth-order valence-corrected chi connectivity index (χ4v) is 2.97. The van der Waals surface area contributed by atoms with Gasteiger partial charge in [0.25, 0.3) is 0 Å². The lowest BCUT2D eigenvalue weighted by molar-refractivity contribution is -0.128. The first-order valence-corrected chi connectivity index (χ1v) is 7.92. The Balaban J connectivity index is 0.00000264. The van der Waals surface area contributed by atoms with Gasteiger partial charge < -0.3 is 20.9 Å². The van der Waals surface area contributed by atoms with Crippen LogP contribution in [0.3, 0.4) is 0 Å². The minimum absolute atomic E-state index is 0. The van der Waals surface area contributed by atoms with E-state index < -0.39 is 5.54 Å². The van der Waals surface area contributed by atoms with E-state index in [-0.39, 0.29) is 37.4 Å². The van der Waals surface area contributed by atoms with Gasteiger partial charge in [-0.2, -0.15) is 0 Å². The molecule has 2 unspecified atom stereocenters. The van der Waals surface area contributed by atoms with Gasteiger partial charge >= 0.3 is 0 Å². The Kier molecular flexibility index (Phi) is 7.82. The maximum atomic E-state index is 12.4. The molecule has 2 atom stereocenters. The lowest BCUT2D eigenvalue weighted by Crippen LogP contribution is -2.52. The predicted molar refractivity (Wildman–Crippen MR) is 92.7 cm³/mol. The van der Waals surface area contributed by atoms with Crippen LogP contribution in [-0.2, 0) is 11.3 Å². The Morgan fingerprint density at radius 1 is 1.39 bits per heavy atom. The quantitative estimate of drug-likeness (QED) is 0.738. The molecule has 0 radical (unpaired) electrons. The van der Waals surface area contributed by atoms with Crippen molar-refractivity contribution < 1.29 is 14.6 Å². The minimum Gasteiger partial charge on any atom is -0.491 e. The second-order valence-corrected chi connectivity index (χ2v) is 6.24. The van der Waals surface area contributed by atoms with Crippen LogP contribution in [0.2, 0.25) is 0 Å². The van der Waals surface area contributed by atoms with Crippen molar-refractivity contribution >= 4 is 18.3 Å². The van der Waals surface area contributed by atoms with Crippen molar-refractivity contribution in [3.8, 4) is 5.75 Å². The highest BCUT2D eigenvalue weighted by Crippen LogP contribution is 2.31. The van der Waals surface area contributed by atoms with Crippen LogP contribution in [0.5, 0.6) is 5.75 Å². The molecule has 6 heteroatoms. The summed E-state index contributed by atoms with van der Waals surface area (Å²) in [5, 5.41) is 11.7. The van der Waals surface area contributed by atoms with E-state index in [0.717, 1.165) is 31.2 Å². The van der Waals surface area contributed by atoms with Crippen LogP contribution in [0, 0.1) is 5.92 Å². The summed E-state index contributed by atoms with van der Waals surface area (Å²) < 4.78 is 5.30. The number of amides is 1. The molecule has 4 N–H and O–H groups in total. The number of benzene rings is 1. The normalized spacial score (nSPS) is 23.7. The molecule has 1 aromatic rings. The topological polar surface area (TPSA) is 84.6 Å². The van der Waals surface area contributed by atoms with Crippen molar-refractivity contribution in [1.82, 2.24) is 5.32 Å². The van der Waals surface area contributed by atoms with Gasteiger partial charge in [-0.15, -0.1) is 12.4 Å². The van der Waals surface area contributed by atoms with Gasteiger partial charge in [0, 0.05) is 12.1 Å². The molecular weight excluding hydrogens is 316 g/mol. The molecule has 0 heterocycles. The molecule has 0 aromatic heterocycles. The number of halogens is 1. The van der Waals surface area contributed by atoms with Crippen LogP contribution < -0.4 is 15.8 Å². The van der Waals surface area contributed by atoms with E-state index in [4.69, 9.17) is 15.6 Å². The smallest absolute Gasteiger partial charge is 0.225 e. The van der Waals surface area contributed by atoms with Crippen LogP contribution in [-0.4, -0.2) is 29.8 Å². The summed E-state index contributed by atoms with van der Waals surface area (Å²) in [4.78, 5) is 12.4. The zero-order valence-electron chi connectivity index (χ0n) is 13.6. The summed E-state index contributed by atoms with van der Waals surface area (Å²) in [6.07, 6.45) is 3.95. The van der Waals surface area contributed by atoms with Crippen molar-refractivity contribution in [3.05, 3.63) is 29.8 Å². The molecule has 23 heavy (non-hydrogen) atoms. The predicted octanol–water partition coefficient (Wildman–Crippen LogP) is 2.00. The molecule has 1 fully saturated rings. The molecule has 0 aliphatic heterocycles. The van der Waals surface area contributed by atoms with E-state index in [1.54, 1.807) is 0 Å². The molecule has 1 aliphatic carbocycles. The molecule has 130 valence electrons. The summed E-state index contributed by atoms with van der Waals surface area (Å²) in [7, 11) is 0. The molecule has 2 rings (SSSR count). The number of ether oxygens (including phenoxy) is 1.